The lowest BCUT2D eigenvalue weighted by atomic mass is 10.2. The van der Waals surface area contributed by atoms with E-state index in [0.717, 1.165) is 41.1 Å². The molecule has 0 radical (unpaired) electrons. The van der Waals surface area contributed by atoms with Crippen molar-refractivity contribution in [2.75, 3.05) is 5.73 Å². The molecule has 0 spiro atoms. The van der Waals surface area contributed by atoms with Crippen LogP contribution in [0.15, 0.2) is 36.5 Å². The number of fused-ring (bicyclic) bond motifs is 1. The van der Waals surface area contributed by atoms with Gasteiger partial charge in [0.15, 0.2) is 0 Å². The van der Waals surface area contributed by atoms with Crippen molar-refractivity contribution >= 4 is 16.7 Å². The predicted molar refractivity (Wildman–Crippen MR) is 79.3 cm³/mol. The van der Waals surface area contributed by atoms with Crippen LogP contribution in [0.5, 0.6) is 0 Å². The van der Waals surface area contributed by atoms with Crippen LogP contribution in [0, 0.1) is 0 Å². The summed E-state index contributed by atoms with van der Waals surface area (Å²) in [7, 11) is 0. The summed E-state index contributed by atoms with van der Waals surface area (Å²) in [5, 5.41) is 8.09. The van der Waals surface area contributed by atoms with Crippen molar-refractivity contribution in [1.29, 1.82) is 0 Å². The fourth-order valence-corrected chi connectivity index (χ4v) is 2.37. The number of hydrogen-bond acceptors (Lipinski definition) is 4. The van der Waals surface area contributed by atoms with Crippen LogP contribution >= 0.6 is 0 Å². The summed E-state index contributed by atoms with van der Waals surface area (Å²) in [6, 6.07) is 9.73. The Hall–Kier alpha value is -2.43. The number of benzene rings is 1. The van der Waals surface area contributed by atoms with Gasteiger partial charge in [0.1, 0.15) is 5.82 Å². The second-order valence-corrected chi connectivity index (χ2v) is 4.83. The fourth-order valence-electron chi connectivity index (χ4n) is 2.37. The first-order valence-electron chi connectivity index (χ1n) is 6.79. The third-order valence-electron chi connectivity index (χ3n) is 3.27. The van der Waals surface area contributed by atoms with Gasteiger partial charge in [0.2, 0.25) is 0 Å². The van der Waals surface area contributed by atoms with Crippen LogP contribution in [0.1, 0.15) is 24.9 Å². The van der Waals surface area contributed by atoms with Gasteiger partial charge >= 0.3 is 0 Å². The molecule has 0 saturated heterocycles. The largest absolute Gasteiger partial charge is 0.399 e. The molecule has 0 saturated carbocycles. The molecule has 0 aliphatic carbocycles. The third-order valence-corrected chi connectivity index (χ3v) is 3.27. The normalized spacial score (nSPS) is 11.1. The molecule has 2 N–H and O–H groups in total. The molecule has 3 rings (SSSR count). The van der Waals surface area contributed by atoms with Gasteiger partial charge in [-0.2, -0.15) is 10.2 Å². The standard InChI is InChI=1S/C15H17N5/c1-2-4-15-18-13-9-11(16)6-7-14(13)20(15)10-12-5-3-8-17-19-12/h3,5-9H,2,4,10,16H2,1H3. The summed E-state index contributed by atoms with van der Waals surface area (Å²) in [6.07, 6.45) is 3.68. The first-order valence-corrected chi connectivity index (χ1v) is 6.79. The van der Waals surface area contributed by atoms with Crippen molar-refractivity contribution < 1.29 is 0 Å². The Morgan fingerprint density at radius 1 is 1.25 bits per heavy atom. The maximum Gasteiger partial charge on any atom is 0.110 e. The number of rotatable bonds is 4. The van der Waals surface area contributed by atoms with Crippen LogP contribution < -0.4 is 5.73 Å². The Morgan fingerprint density at radius 3 is 2.90 bits per heavy atom. The van der Waals surface area contributed by atoms with Crippen LogP contribution in [-0.4, -0.2) is 19.7 Å². The van der Waals surface area contributed by atoms with Gasteiger partial charge in [-0.25, -0.2) is 4.98 Å². The molecule has 3 aromatic rings. The monoisotopic (exact) mass is 267 g/mol. The summed E-state index contributed by atoms with van der Waals surface area (Å²) in [5.41, 5.74) is 9.54. The van der Waals surface area contributed by atoms with Gasteiger partial charge < -0.3 is 10.3 Å². The smallest absolute Gasteiger partial charge is 0.110 e. The number of imidazole rings is 1. The minimum atomic E-state index is 0.684. The van der Waals surface area contributed by atoms with Gasteiger partial charge in [-0.3, -0.25) is 0 Å². The van der Waals surface area contributed by atoms with E-state index in [1.54, 1.807) is 6.20 Å². The molecule has 0 aliphatic heterocycles. The quantitative estimate of drug-likeness (QED) is 0.737. The number of anilines is 1. The van der Waals surface area contributed by atoms with Gasteiger partial charge in [-0.1, -0.05) is 6.92 Å². The Bertz CT molecular complexity index is 718. The SMILES string of the molecule is CCCc1nc2cc(N)ccc2n1Cc1cccnn1. The number of aromatic nitrogens is 4. The molecule has 0 amide bonds. The van der Waals surface area contributed by atoms with E-state index in [4.69, 9.17) is 10.7 Å². The second kappa shape index (κ2) is 5.28. The molecule has 2 aromatic heterocycles. The summed E-state index contributed by atoms with van der Waals surface area (Å²) in [5.74, 6) is 1.07. The van der Waals surface area contributed by atoms with E-state index in [2.05, 4.69) is 21.7 Å². The van der Waals surface area contributed by atoms with Crippen LogP contribution in [0.2, 0.25) is 0 Å². The van der Waals surface area contributed by atoms with Crippen molar-refractivity contribution in [2.24, 2.45) is 0 Å². The Labute approximate surface area is 117 Å². The zero-order valence-corrected chi connectivity index (χ0v) is 11.5. The lowest BCUT2D eigenvalue weighted by Crippen LogP contribution is -2.07. The van der Waals surface area contributed by atoms with E-state index in [0.29, 0.717) is 6.54 Å². The van der Waals surface area contributed by atoms with E-state index >= 15 is 0 Å². The molecule has 5 nitrogen and oxygen atoms in total. The minimum Gasteiger partial charge on any atom is -0.399 e. The van der Waals surface area contributed by atoms with Gasteiger partial charge in [0.25, 0.3) is 0 Å². The summed E-state index contributed by atoms with van der Waals surface area (Å²) in [6.45, 7) is 2.84. The average Bonchev–Trinajstić information content (AvgIpc) is 2.77. The van der Waals surface area contributed by atoms with Crippen molar-refractivity contribution in [1.82, 2.24) is 19.7 Å². The van der Waals surface area contributed by atoms with Crippen LogP contribution in [-0.2, 0) is 13.0 Å². The summed E-state index contributed by atoms with van der Waals surface area (Å²) < 4.78 is 2.20. The molecule has 102 valence electrons. The molecule has 2 heterocycles. The second-order valence-electron chi connectivity index (χ2n) is 4.83. The Balaban J connectivity index is 2.09. The van der Waals surface area contributed by atoms with Gasteiger partial charge in [0.05, 0.1) is 23.3 Å². The van der Waals surface area contributed by atoms with Gasteiger partial charge in [-0.05, 0) is 36.8 Å². The average molecular weight is 267 g/mol. The molecular formula is C15H17N5. The van der Waals surface area contributed by atoms with E-state index in [1.165, 1.54) is 0 Å². The zero-order chi connectivity index (χ0) is 13.9. The number of aryl methyl sites for hydroxylation is 1. The van der Waals surface area contributed by atoms with Gasteiger partial charge in [-0.15, -0.1) is 0 Å². The first-order chi connectivity index (χ1) is 9.78. The molecule has 5 heteroatoms. The zero-order valence-electron chi connectivity index (χ0n) is 11.5. The molecule has 0 unspecified atom stereocenters. The van der Waals surface area contributed by atoms with Crippen LogP contribution in [0.4, 0.5) is 5.69 Å². The topological polar surface area (TPSA) is 69.6 Å². The number of nitrogens with two attached hydrogens (primary N) is 1. The van der Waals surface area contributed by atoms with E-state index < -0.39 is 0 Å². The fraction of sp³-hybridized carbons (Fsp3) is 0.267. The molecule has 1 aromatic carbocycles. The lowest BCUT2D eigenvalue weighted by Gasteiger charge is -2.07. The van der Waals surface area contributed by atoms with Crippen LogP contribution in [0.3, 0.4) is 0 Å². The highest BCUT2D eigenvalue weighted by atomic mass is 15.1. The Kier molecular flexibility index (Phi) is 3.33. The van der Waals surface area contributed by atoms with E-state index in [1.807, 2.05) is 30.3 Å². The van der Waals surface area contributed by atoms with E-state index in [9.17, 15) is 0 Å². The molecule has 0 aliphatic rings. The van der Waals surface area contributed by atoms with E-state index in [-0.39, 0.29) is 0 Å². The summed E-state index contributed by atoms with van der Waals surface area (Å²) in [4.78, 5) is 4.69. The summed E-state index contributed by atoms with van der Waals surface area (Å²) >= 11 is 0. The third kappa shape index (κ3) is 2.34. The highest BCUT2D eigenvalue weighted by molar-refractivity contribution is 5.79. The van der Waals surface area contributed by atoms with Crippen molar-refractivity contribution in [2.45, 2.75) is 26.3 Å². The number of nitrogens with zero attached hydrogens (tertiary/aromatic N) is 4. The highest BCUT2D eigenvalue weighted by Crippen LogP contribution is 2.20. The Morgan fingerprint density at radius 2 is 2.15 bits per heavy atom. The molecule has 0 fully saturated rings. The number of nitrogen functional groups attached to an aromatic ring is 1. The molecule has 0 atom stereocenters. The predicted octanol–water partition coefficient (Wildman–Crippen LogP) is 2.41. The first kappa shape index (κ1) is 12.6. The molecule has 20 heavy (non-hydrogen) atoms. The highest BCUT2D eigenvalue weighted by Gasteiger charge is 2.11. The van der Waals surface area contributed by atoms with Crippen LogP contribution in [0.25, 0.3) is 11.0 Å². The number of hydrogen-bond donors (Lipinski definition) is 1. The maximum absolute atomic E-state index is 5.84. The molecule has 0 bridgehead atoms. The minimum absolute atomic E-state index is 0.684. The maximum atomic E-state index is 5.84. The molecular weight excluding hydrogens is 250 g/mol. The lowest BCUT2D eigenvalue weighted by molar-refractivity contribution is 0.700. The van der Waals surface area contributed by atoms with Crippen molar-refractivity contribution in [3.63, 3.8) is 0 Å². The van der Waals surface area contributed by atoms with Crippen molar-refractivity contribution in [3.05, 3.63) is 48.0 Å². The van der Waals surface area contributed by atoms with Crippen molar-refractivity contribution in [3.8, 4) is 0 Å². The van der Waals surface area contributed by atoms with Gasteiger partial charge in [0, 0.05) is 18.3 Å².